The van der Waals surface area contributed by atoms with Crippen molar-refractivity contribution in [3.05, 3.63) is 22.6 Å². The van der Waals surface area contributed by atoms with Crippen LogP contribution < -0.4 is 0 Å². The van der Waals surface area contributed by atoms with Gasteiger partial charge in [0.2, 0.25) is 0 Å². The van der Waals surface area contributed by atoms with Crippen molar-refractivity contribution in [1.29, 1.82) is 0 Å². The fourth-order valence-corrected chi connectivity index (χ4v) is 8.45. The van der Waals surface area contributed by atoms with Crippen LogP contribution in [0, 0.1) is 40.4 Å². The average Bonchev–Trinajstić information content (AvgIpc) is 3.37. The molecule has 8 atom stereocenters. The van der Waals surface area contributed by atoms with E-state index in [1.165, 1.54) is 5.57 Å². The van der Waals surface area contributed by atoms with E-state index in [1.54, 1.807) is 11.8 Å². The van der Waals surface area contributed by atoms with Crippen LogP contribution in [0.4, 0.5) is 4.39 Å². The second-order valence-corrected chi connectivity index (χ2v) is 10.5. The molecule has 0 spiro atoms. The number of carbonyl (C=O) groups is 2. The summed E-state index contributed by atoms with van der Waals surface area (Å²) in [6.45, 7) is 8.75. The first-order valence-electron chi connectivity index (χ1n) is 9.94. The van der Waals surface area contributed by atoms with E-state index in [1.807, 2.05) is 13.2 Å². The van der Waals surface area contributed by atoms with Crippen LogP contribution in [0.1, 0.15) is 46.0 Å². The highest BCUT2D eigenvalue weighted by molar-refractivity contribution is 8.03. The largest absolute Gasteiger partial charge is 0.296 e. The van der Waals surface area contributed by atoms with E-state index in [2.05, 4.69) is 13.5 Å². The average molecular weight is 375 g/mol. The molecule has 0 amide bonds. The molecule has 0 saturated heterocycles. The predicted octanol–water partition coefficient (Wildman–Crippen LogP) is 4.75. The molecule has 0 aromatic heterocycles. The molecule has 0 N–H and O–H groups in total. The maximum absolute atomic E-state index is 14.4. The maximum atomic E-state index is 14.4. The van der Waals surface area contributed by atoms with E-state index >= 15 is 0 Å². The zero-order valence-corrected chi connectivity index (χ0v) is 16.6. The molecule has 0 aromatic carbocycles. The number of hydrogen-bond donors (Lipinski definition) is 0. The lowest BCUT2D eigenvalue weighted by atomic mass is 9.46. The Morgan fingerprint density at radius 2 is 1.88 bits per heavy atom. The molecule has 0 heterocycles. The fraction of sp³-hybridized carbons (Fsp3) is 0.727. The third-order valence-corrected chi connectivity index (χ3v) is 9.65. The van der Waals surface area contributed by atoms with Crippen molar-refractivity contribution in [2.75, 3.05) is 6.26 Å². The zero-order valence-electron chi connectivity index (χ0n) is 15.8. The van der Waals surface area contributed by atoms with E-state index in [9.17, 15) is 14.0 Å². The molecule has 5 rings (SSSR count). The van der Waals surface area contributed by atoms with E-state index in [0.29, 0.717) is 30.0 Å². The van der Waals surface area contributed by atoms with Crippen LogP contribution in [0.3, 0.4) is 0 Å². The Balaban J connectivity index is 1.63. The standard InChI is InChI=1S/C22H27FO2S/c1-10-7-11-13(5-6-21(2)14(11)9-16(23)20(21)25)22(3)15-8-12(15)18(24)19(26-4)17(10)22/h11-16H,1,5-9H2,2-4H3/t11-,12+,13+,14+,15?,16-,21+,22+/m1/s1. The summed E-state index contributed by atoms with van der Waals surface area (Å²) in [4.78, 5) is 26.3. The van der Waals surface area contributed by atoms with Crippen molar-refractivity contribution in [3.8, 4) is 0 Å². The molecule has 5 aliphatic carbocycles. The highest BCUT2D eigenvalue weighted by Gasteiger charge is 2.68. The van der Waals surface area contributed by atoms with E-state index in [4.69, 9.17) is 0 Å². The molecule has 0 radical (unpaired) electrons. The second kappa shape index (κ2) is 5.12. The van der Waals surface area contributed by atoms with Crippen molar-refractivity contribution < 1.29 is 14.0 Å². The van der Waals surface area contributed by atoms with Crippen LogP contribution in [-0.4, -0.2) is 24.0 Å². The predicted molar refractivity (Wildman–Crippen MR) is 101 cm³/mol. The number of rotatable bonds is 1. The third-order valence-electron chi connectivity index (χ3n) is 8.83. The number of halogens is 1. The number of carbonyl (C=O) groups excluding carboxylic acids is 2. The van der Waals surface area contributed by atoms with Gasteiger partial charge in [-0.2, -0.15) is 0 Å². The summed E-state index contributed by atoms with van der Waals surface area (Å²) in [7, 11) is 0. The fourth-order valence-electron chi connectivity index (χ4n) is 7.53. The van der Waals surface area contributed by atoms with E-state index in [0.717, 1.165) is 36.2 Å². The van der Waals surface area contributed by atoms with Crippen LogP contribution in [0.5, 0.6) is 0 Å². The van der Waals surface area contributed by atoms with E-state index in [-0.39, 0.29) is 23.0 Å². The molecule has 0 aromatic rings. The highest BCUT2D eigenvalue weighted by Crippen LogP contribution is 2.72. The first kappa shape index (κ1) is 17.2. The molecule has 2 nitrogen and oxygen atoms in total. The summed E-state index contributed by atoms with van der Waals surface area (Å²) in [5.74, 6) is 1.69. The highest BCUT2D eigenvalue weighted by atomic mass is 32.2. The number of ketones is 2. The van der Waals surface area contributed by atoms with Gasteiger partial charge in [0.1, 0.15) is 0 Å². The monoisotopic (exact) mass is 374 g/mol. The summed E-state index contributed by atoms with van der Waals surface area (Å²) in [5.41, 5.74) is 1.79. The smallest absolute Gasteiger partial charge is 0.173 e. The molecular weight excluding hydrogens is 347 g/mol. The number of allylic oxidation sites excluding steroid dienone is 2. The molecule has 4 fully saturated rings. The number of alkyl halides is 1. The topological polar surface area (TPSA) is 34.1 Å². The van der Waals surface area contributed by atoms with Gasteiger partial charge in [0.25, 0.3) is 0 Å². The van der Waals surface area contributed by atoms with Crippen LogP contribution >= 0.6 is 11.8 Å². The Morgan fingerprint density at radius 3 is 2.58 bits per heavy atom. The molecule has 26 heavy (non-hydrogen) atoms. The van der Waals surface area contributed by atoms with Crippen LogP contribution in [0.25, 0.3) is 0 Å². The Bertz CT molecular complexity index is 785. The number of hydrogen-bond acceptors (Lipinski definition) is 3. The molecule has 140 valence electrons. The third kappa shape index (κ3) is 1.80. The summed E-state index contributed by atoms with van der Waals surface area (Å²) in [6.07, 6.45) is 4.70. The maximum Gasteiger partial charge on any atom is 0.173 e. The molecular formula is C22H27FO2S. The van der Waals surface area contributed by atoms with Crippen molar-refractivity contribution in [1.82, 2.24) is 0 Å². The van der Waals surface area contributed by atoms with Gasteiger partial charge in [-0.05, 0) is 73.2 Å². The van der Waals surface area contributed by atoms with Crippen molar-refractivity contribution >= 4 is 23.3 Å². The minimum absolute atomic E-state index is 0.0182. The van der Waals surface area contributed by atoms with Gasteiger partial charge in [-0.1, -0.05) is 20.4 Å². The number of fused-ring (bicyclic) bond motifs is 7. The molecule has 4 heteroatoms. The van der Waals surface area contributed by atoms with Crippen molar-refractivity contribution in [2.24, 2.45) is 40.4 Å². The lowest BCUT2D eigenvalue weighted by molar-refractivity contribution is -0.134. The summed E-state index contributed by atoms with van der Waals surface area (Å²) >= 11 is 1.59. The minimum atomic E-state index is -1.29. The normalized spacial score (nSPS) is 52.4. The van der Waals surface area contributed by atoms with Crippen LogP contribution in [0.15, 0.2) is 22.6 Å². The van der Waals surface area contributed by atoms with Gasteiger partial charge < -0.3 is 0 Å². The Labute approximate surface area is 159 Å². The van der Waals surface area contributed by atoms with Gasteiger partial charge in [0.15, 0.2) is 17.7 Å². The van der Waals surface area contributed by atoms with E-state index < -0.39 is 11.6 Å². The lowest BCUT2D eigenvalue weighted by Crippen LogP contribution is -2.52. The number of thioether (sulfide) groups is 1. The van der Waals surface area contributed by atoms with Gasteiger partial charge in [0.05, 0.1) is 4.91 Å². The SMILES string of the molecule is C=C1C[C@H]2[C@@H]3C[C@@H](F)C(=O)[C@@]3(C)CC[C@@H]2[C@]2(C)C1=C(SC)C(=O)[C@H]1CC12. The van der Waals surface area contributed by atoms with Gasteiger partial charge in [-0.15, -0.1) is 11.8 Å². The molecule has 1 unspecified atom stereocenters. The molecule has 0 aliphatic heterocycles. The Kier molecular flexibility index (Phi) is 3.39. The van der Waals surface area contributed by atoms with Crippen LogP contribution in [-0.2, 0) is 9.59 Å². The first-order valence-corrected chi connectivity index (χ1v) is 11.2. The number of Topliss-reactive ketones (excluding diaryl/α,β-unsaturated/α-hetero) is 2. The molecule has 4 saturated carbocycles. The van der Waals surface area contributed by atoms with Gasteiger partial charge in [0, 0.05) is 16.7 Å². The first-order chi connectivity index (χ1) is 12.2. The minimum Gasteiger partial charge on any atom is -0.296 e. The van der Waals surface area contributed by atoms with Gasteiger partial charge >= 0.3 is 0 Å². The quantitative estimate of drug-likeness (QED) is 0.664. The summed E-state index contributed by atoms with van der Waals surface area (Å²) < 4.78 is 14.4. The zero-order chi connectivity index (χ0) is 18.6. The van der Waals surface area contributed by atoms with Crippen molar-refractivity contribution in [2.45, 2.75) is 52.1 Å². The Hall–Kier alpha value is -0.900. The van der Waals surface area contributed by atoms with Crippen molar-refractivity contribution in [3.63, 3.8) is 0 Å². The van der Waals surface area contributed by atoms with Crippen LogP contribution in [0.2, 0.25) is 0 Å². The second-order valence-electron chi connectivity index (χ2n) is 9.71. The molecule has 0 bridgehead atoms. The van der Waals surface area contributed by atoms with Gasteiger partial charge in [-0.3, -0.25) is 9.59 Å². The van der Waals surface area contributed by atoms with Gasteiger partial charge in [-0.25, -0.2) is 4.39 Å². The summed E-state index contributed by atoms with van der Waals surface area (Å²) in [6, 6.07) is 0. The Morgan fingerprint density at radius 1 is 1.15 bits per heavy atom. The summed E-state index contributed by atoms with van der Waals surface area (Å²) in [5, 5.41) is 0. The molecule has 5 aliphatic rings. The lowest BCUT2D eigenvalue weighted by Gasteiger charge is -2.57.